The van der Waals surface area contributed by atoms with Gasteiger partial charge in [-0.1, -0.05) is 84.8 Å². The van der Waals surface area contributed by atoms with Crippen molar-refractivity contribution in [2.45, 2.75) is 83.8 Å². The van der Waals surface area contributed by atoms with Crippen molar-refractivity contribution in [1.29, 1.82) is 0 Å². The van der Waals surface area contributed by atoms with Crippen molar-refractivity contribution in [2.75, 3.05) is 29.5 Å². The van der Waals surface area contributed by atoms with Gasteiger partial charge in [-0.15, -0.1) is 0 Å². The fraction of sp³-hybridized carbons (Fsp3) is 0.370. The molecule has 0 radical (unpaired) electrons. The summed E-state index contributed by atoms with van der Waals surface area (Å²) in [7, 11) is -3.59. The molecule has 3 aliphatic heterocycles. The van der Waals surface area contributed by atoms with Gasteiger partial charge in [-0.2, -0.15) is 0 Å². The smallest absolute Gasteiger partial charge is 0.264 e. The van der Waals surface area contributed by atoms with Gasteiger partial charge in [0.05, 0.1) is 36.1 Å². The molecule has 10 heteroatoms. The molecular weight excluding hydrogens is 722 g/mol. The van der Waals surface area contributed by atoms with Crippen molar-refractivity contribution in [2.24, 2.45) is 5.92 Å². The second-order valence-corrected chi connectivity index (χ2v) is 20.1. The van der Waals surface area contributed by atoms with E-state index in [1.807, 2.05) is 91.9 Å². The number of rotatable bonds is 13. The number of aliphatic hydroxyl groups excluding tert-OH is 1. The summed E-state index contributed by atoms with van der Waals surface area (Å²) in [5.41, 5.74) is 4.19. The predicted octanol–water partition coefficient (Wildman–Crippen LogP) is 9.36. The zero-order valence-electron chi connectivity index (χ0n) is 33.2. The van der Waals surface area contributed by atoms with Crippen LogP contribution in [0.2, 0.25) is 18.6 Å². The molecule has 292 valence electrons. The van der Waals surface area contributed by atoms with E-state index in [1.54, 1.807) is 27.8 Å². The number of aliphatic hydroxyl groups is 1. The number of allylic oxidation sites excluding steroid dienone is 3. The third-order valence-electron chi connectivity index (χ3n) is 11.8. The van der Waals surface area contributed by atoms with Crippen LogP contribution < -0.4 is 9.80 Å². The van der Waals surface area contributed by atoms with Gasteiger partial charge in [-0.3, -0.25) is 19.3 Å². The number of hydrogen-bond donors (Lipinski definition) is 1. The Labute approximate surface area is 330 Å². The largest absolute Gasteiger partial charge is 0.395 e. The van der Waals surface area contributed by atoms with E-state index >= 15 is 8.90 Å². The van der Waals surface area contributed by atoms with Crippen LogP contribution in [0.5, 0.6) is 0 Å². The summed E-state index contributed by atoms with van der Waals surface area (Å²) in [5.74, 6) is -1.36. The molecule has 0 saturated carbocycles. The van der Waals surface area contributed by atoms with Gasteiger partial charge in [0.25, 0.3) is 11.8 Å². The van der Waals surface area contributed by atoms with Crippen LogP contribution in [0.1, 0.15) is 68.4 Å². The van der Waals surface area contributed by atoms with Crippen molar-refractivity contribution < 1.29 is 28.3 Å². The Kier molecular flexibility index (Phi) is 10.9. The van der Waals surface area contributed by atoms with Crippen LogP contribution in [0.4, 0.5) is 21.2 Å². The van der Waals surface area contributed by atoms with E-state index in [1.165, 1.54) is 5.57 Å². The monoisotopic (exact) mass is 773 g/mol. The molecule has 4 aromatic rings. The number of nitrogens with zero attached hydrogens (tertiary/aromatic N) is 3. The Balaban J connectivity index is 1.30. The van der Waals surface area contributed by atoms with Gasteiger partial charge in [0.1, 0.15) is 0 Å². The van der Waals surface area contributed by atoms with Crippen molar-refractivity contribution in [3.8, 4) is 0 Å². The number of benzene rings is 4. The first-order chi connectivity index (χ1) is 26.8. The molecule has 3 heterocycles. The fourth-order valence-corrected chi connectivity index (χ4v) is 11.7. The summed E-state index contributed by atoms with van der Waals surface area (Å²) in [6.45, 7) is 11.8. The summed E-state index contributed by atoms with van der Waals surface area (Å²) < 4.78 is 23.8. The van der Waals surface area contributed by atoms with E-state index in [4.69, 9.17) is 4.74 Å². The zero-order valence-corrected chi connectivity index (χ0v) is 34.2. The standard InChI is InChI=1S/C46H52FN3O5Si/c1-30(2)13-10-14-31(3)23-24-49-38-22-21-35(50-39-20-12-18-34-17-11-19-36(42(34)39)44(50)53)27-37(38)46(45(49)54)32(4)43(56(5,6)47)40(55-46)28-41(52)48(25-26-51)29-33-15-8-7-9-16-33/h7-9,11-13,15-23,27,32,40,43,51H,10,14,24-26,28-29H2,1-6H3/b31-23+/t32-,40+,43-,46+/m1/s1. The van der Waals surface area contributed by atoms with Crippen LogP contribution in [-0.4, -0.2) is 61.9 Å². The Bertz CT molecular complexity index is 2220. The molecule has 0 aliphatic carbocycles. The minimum atomic E-state index is -3.59. The van der Waals surface area contributed by atoms with Crippen molar-refractivity contribution in [3.63, 3.8) is 0 Å². The number of hydrogen-bond acceptors (Lipinski definition) is 5. The van der Waals surface area contributed by atoms with E-state index in [-0.39, 0.29) is 43.8 Å². The lowest BCUT2D eigenvalue weighted by Gasteiger charge is -2.31. The molecule has 3 aliphatic rings. The highest BCUT2D eigenvalue weighted by atomic mass is 28.4. The maximum absolute atomic E-state index is 16.8. The lowest BCUT2D eigenvalue weighted by Crippen LogP contribution is -2.45. The average Bonchev–Trinajstić information content (AvgIpc) is 3.71. The minimum Gasteiger partial charge on any atom is -0.395 e. The number of fused-ring (bicyclic) bond motifs is 2. The molecular formula is C46H52FN3O5Si. The lowest BCUT2D eigenvalue weighted by molar-refractivity contribution is -0.149. The van der Waals surface area contributed by atoms with Crippen LogP contribution >= 0.6 is 0 Å². The number of anilines is 3. The van der Waals surface area contributed by atoms with Gasteiger partial charge in [-0.05, 0) is 88.0 Å². The molecule has 1 spiro atoms. The summed E-state index contributed by atoms with van der Waals surface area (Å²) in [5, 5.41) is 11.8. The highest BCUT2D eigenvalue weighted by Gasteiger charge is 2.67. The second-order valence-electron chi connectivity index (χ2n) is 16.3. The lowest BCUT2D eigenvalue weighted by atomic mass is 9.82. The van der Waals surface area contributed by atoms with E-state index in [9.17, 15) is 14.7 Å². The SMILES string of the molecule is CC(C)=CCC/C(C)=C/CN1C(=O)[C@@]2(O[C@@H](CC(=O)N(CCO)Cc3ccccc3)[C@H]([Si](C)(C)F)[C@H]2C)c2cc(N3C(=O)c4cccc5cccc3c45)ccc21. The number of carbonyl (C=O) groups excluding carboxylic acids is 3. The van der Waals surface area contributed by atoms with Crippen LogP contribution in [0.15, 0.2) is 108 Å². The summed E-state index contributed by atoms with van der Waals surface area (Å²) >= 11 is 0. The number of amides is 3. The third kappa shape index (κ3) is 7.03. The normalized spacial score (nSPS) is 21.7. The number of halogens is 1. The van der Waals surface area contributed by atoms with Crippen molar-refractivity contribution in [3.05, 3.63) is 125 Å². The minimum absolute atomic E-state index is 0.111. The molecule has 8 nitrogen and oxygen atoms in total. The molecule has 4 atom stereocenters. The summed E-state index contributed by atoms with van der Waals surface area (Å²) in [6, 6.07) is 26.7. The summed E-state index contributed by atoms with van der Waals surface area (Å²) in [6.07, 6.45) is 4.97. The van der Waals surface area contributed by atoms with Gasteiger partial charge in [0, 0.05) is 47.7 Å². The number of carbonyl (C=O) groups is 3. The molecule has 3 amide bonds. The Morgan fingerprint density at radius 3 is 2.39 bits per heavy atom. The van der Waals surface area contributed by atoms with Crippen LogP contribution in [0.3, 0.4) is 0 Å². The second kappa shape index (κ2) is 15.6. The fourth-order valence-electron chi connectivity index (χ4n) is 9.18. The molecule has 0 unspecified atom stereocenters. The first-order valence-corrected chi connectivity index (χ1v) is 22.6. The first-order valence-electron chi connectivity index (χ1n) is 19.7. The van der Waals surface area contributed by atoms with Crippen molar-refractivity contribution in [1.82, 2.24) is 4.90 Å². The predicted molar refractivity (Wildman–Crippen MR) is 223 cm³/mol. The quantitative estimate of drug-likeness (QED) is 0.0831. The third-order valence-corrected chi connectivity index (χ3v) is 14.2. The molecule has 4 aromatic carbocycles. The highest BCUT2D eigenvalue weighted by molar-refractivity contribution is 6.72. The van der Waals surface area contributed by atoms with Crippen molar-refractivity contribution >= 4 is 54.0 Å². The van der Waals surface area contributed by atoms with Crippen LogP contribution in [0, 0.1) is 5.92 Å². The maximum atomic E-state index is 16.8. The van der Waals surface area contributed by atoms with Gasteiger partial charge in [-0.25, -0.2) is 0 Å². The number of ether oxygens (including phenoxy) is 1. The van der Waals surface area contributed by atoms with Gasteiger partial charge in [0.15, 0.2) is 5.60 Å². The molecule has 56 heavy (non-hydrogen) atoms. The Hall–Kier alpha value is -4.90. The van der Waals surface area contributed by atoms with E-state index in [0.29, 0.717) is 29.0 Å². The maximum Gasteiger partial charge on any atom is 0.264 e. The molecule has 1 saturated heterocycles. The van der Waals surface area contributed by atoms with E-state index in [0.717, 1.165) is 40.4 Å². The Morgan fingerprint density at radius 1 is 0.964 bits per heavy atom. The highest BCUT2D eigenvalue weighted by Crippen LogP contribution is 2.61. The molecule has 0 bridgehead atoms. The molecule has 7 rings (SSSR count). The Morgan fingerprint density at radius 2 is 1.70 bits per heavy atom. The van der Waals surface area contributed by atoms with E-state index < -0.39 is 31.6 Å². The molecule has 0 aromatic heterocycles. The van der Waals surface area contributed by atoms with Gasteiger partial charge < -0.3 is 23.8 Å². The topological polar surface area (TPSA) is 90.4 Å². The molecule has 1 N–H and O–H groups in total. The first kappa shape index (κ1) is 39.3. The summed E-state index contributed by atoms with van der Waals surface area (Å²) in [4.78, 5) is 48.4. The van der Waals surface area contributed by atoms with Gasteiger partial charge in [0.2, 0.25) is 14.3 Å². The average molecular weight is 774 g/mol. The van der Waals surface area contributed by atoms with Crippen LogP contribution in [0.25, 0.3) is 10.8 Å². The van der Waals surface area contributed by atoms with E-state index in [2.05, 4.69) is 32.9 Å². The van der Waals surface area contributed by atoms with Gasteiger partial charge >= 0.3 is 0 Å². The zero-order chi connectivity index (χ0) is 39.9. The van der Waals surface area contributed by atoms with Crippen LogP contribution in [-0.2, 0) is 26.5 Å². The molecule has 1 fully saturated rings.